The van der Waals surface area contributed by atoms with E-state index in [1.807, 2.05) is 65.7 Å². The standard InChI is InChI=1S/C37H31N3O/c1-37(2,3)27-18-19-38-35(20-27)36-33-15-8-7-14-31(33)32-17-16-30(22-34(32)36)41-29-13-9-12-28(21-29)40-24-26(23-39-40)25-10-5-4-6-11-25/h4-24,36H,1-3H3. The Morgan fingerprint density at radius 1 is 0.683 bits per heavy atom. The number of benzene rings is 4. The van der Waals surface area contributed by atoms with Gasteiger partial charge in [0.1, 0.15) is 11.5 Å². The molecule has 0 fully saturated rings. The quantitative estimate of drug-likeness (QED) is 0.221. The summed E-state index contributed by atoms with van der Waals surface area (Å²) in [6.07, 6.45) is 5.88. The van der Waals surface area contributed by atoms with Crippen LogP contribution in [0.15, 0.2) is 128 Å². The van der Waals surface area contributed by atoms with Crippen molar-refractivity contribution in [3.8, 4) is 39.4 Å². The SMILES string of the molecule is CC(C)(C)c1ccnc(C2c3ccccc3-c3ccc(Oc4cccc(-n5cc(-c6ccccc6)cn5)c4)cc32)c1. The molecule has 4 nitrogen and oxygen atoms in total. The van der Waals surface area contributed by atoms with Crippen LogP contribution < -0.4 is 4.74 Å². The predicted molar refractivity (Wildman–Crippen MR) is 165 cm³/mol. The van der Waals surface area contributed by atoms with E-state index >= 15 is 0 Å². The Labute approximate surface area is 240 Å². The predicted octanol–water partition coefficient (Wildman–Crippen LogP) is 9.18. The van der Waals surface area contributed by atoms with Gasteiger partial charge in [0, 0.05) is 24.0 Å². The summed E-state index contributed by atoms with van der Waals surface area (Å²) >= 11 is 0. The number of nitrogens with zero attached hydrogens (tertiary/aromatic N) is 3. The first kappa shape index (κ1) is 25.0. The molecule has 0 aliphatic heterocycles. The highest BCUT2D eigenvalue weighted by Crippen LogP contribution is 2.49. The Morgan fingerprint density at radius 2 is 1.46 bits per heavy atom. The second-order valence-corrected chi connectivity index (χ2v) is 11.6. The van der Waals surface area contributed by atoms with Gasteiger partial charge in [-0.1, -0.05) is 87.5 Å². The molecule has 6 aromatic rings. The van der Waals surface area contributed by atoms with E-state index < -0.39 is 0 Å². The summed E-state index contributed by atoms with van der Waals surface area (Å²) in [6.45, 7) is 6.73. The number of aromatic nitrogens is 3. The molecule has 4 heteroatoms. The third kappa shape index (κ3) is 4.72. The fraction of sp³-hybridized carbons (Fsp3) is 0.135. The van der Waals surface area contributed by atoms with E-state index in [1.54, 1.807) is 0 Å². The fourth-order valence-corrected chi connectivity index (χ4v) is 5.71. The van der Waals surface area contributed by atoms with Crippen molar-refractivity contribution in [2.45, 2.75) is 32.1 Å². The van der Waals surface area contributed by atoms with Gasteiger partial charge in [0.25, 0.3) is 0 Å². The first-order chi connectivity index (χ1) is 19.9. The van der Waals surface area contributed by atoms with Crippen molar-refractivity contribution >= 4 is 0 Å². The summed E-state index contributed by atoms with van der Waals surface area (Å²) in [6, 6.07) is 37.8. The molecule has 0 spiro atoms. The Balaban J connectivity index is 1.22. The molecule has 2 heterocycles. The maximum Gasteiger partial charge on any atom is 0.129 e. The van der Waals surface area contributed by atoms with Crippen molar-refractivity contribution < 1.29 is 4.74 Å². The maximum absolute atomic E-state index is 6.46. The third-order valence-corrected chi connectivity index (χ3v) is 7.85. The lowest BCUT2D eigenvalue weighted by atomic mass is 9.85. The summed E-state index contributed by atoms with van der Waals surface area (Å²) in [5, 5.41) is 4.60. The Hall–Kier alpha value is -4.96. The molecule has 41 heavy (non-hydrogen) atoms. The second kappa shape index (κ2) is 9.90. The van der Waals surface area contributed by atoms with Gasteiger partial charge < -0.3 is 4.74 Å². The summed E-state index contributed by atoms with van der Waals surface area (Å²) in [5.41, 5.74) is 10.6. The highest BCUT2D eigenvalue weighted by Gasteiger charge is 2.32. The topological polar surface area (TPSA) is 39.9 Å². The van der Waals surface area contributed by atoms with Crippen molar-refractivity contribution in [1.29, 1.82) is 0 Å². The van der Waals surface area contributed by atoms with E-state index in [0.29, 0.717) is 0 Å². The largest absolute Gasteiger partial charge is 0.457 e. The fourth-order valence-electron chi connectivity index (χ4n) is 5.71. The van der Waals surface area contributed by atoms with Gasteiger partial charge in [0.2, 0.25) is 0 Å². The first-order valence-electron chi connectivity index (χ1n) is 14.0. The Morgan fingerprint density at radius 3 is 2.32 bits per heavy atom. The van der Waals surface area contributed by atoms with E-state index in [9.17, 15) is 0 Å². The Kier molecular flexibility index (Phi) is 6.05. The monoisotopic (exact) mass is 533 g/mol. The molecule has 7 rings (SSSR count). The van der Waals surface area contributed by atoms with E-state index in [1.165, 1.54) is 27.8 Å². The number of hydrogen-bond donors (Lipinski definition) is 0. The Bertz CT molecular complexity index is 1860. The van der Waals surface area contributed by atoms with E-state index in [4.69, 9.17) is 9.72 Å². The van der Waals surface area contributed by atoms with Crippen molar-refractivity contribution in [2.24, 2.45) is 0 Å². The van der Waals surface area contributed by atoms with Gasteiger partial charge in [0.15, 0.2) is 0 Å². The summed E-state index contributed by atoms with van der Waals surface area (Å²) in [7, 11) is 0. The number of hydrogen-bond acceptors (Lipinski definition) is 3. The minimum Gasteiger partial charge on any atom is -0.457 e. The van der Waals surface area contributed by atoms with Gasteiger partial charge in [-0.05, 0) is 75.2 Å². The highest BCUT2D eigenvalue weighted by molar-refractivity contribution is 5.81. The number of ether oxygens (including phenoxy) is 1. The zero-order valence-corrected chi connectivity index (χ0v) is 23.5. The zero-order valence-electron chi connectivity index (χ0n) is 23.5. The smallest absolute Gasteiger partial charge is 0.129 e. The summed E-state index contributed by atoms with van der Waals surface area (Å²) < 4.78 is 8.34. The minimum atomic E-state index is 0.0467. The molecule has 1 aliphatic rings. The van der Waals surface area contributed by atoms with Crippen LogP contribution in [0, 0.1) is 0 Å². The van der Waals surface area contributed by atoms with Crippen LogP contribution in [-0.4, -0.2) is 14.8 Å². The van der Waals surface area contributed by atoms with Crippen LogP contribution in [0.5, 0.6) is 11.5 Å². The number of pyridine rings is 1. The van der Waals surface area contributed by atoms with E-state index in [-0.39, 0.29) is 11.3 Å². The molecule has 1 atom stereocenters. The summed E-state index contributed by atoms with van der Waals surface area (Å²) in [4.78, 5) is 4.86. The van der Waals surface area contributed by atoms with Crippen LogP contribution in [-0.2, 0) is 5.41 Å². The molecular weight excluding hydrogens is 502 g/mol. The van der Waals surface area contributed by atoms with Crippen molar-refractivity contribution in [3.63, 3.8) is 0 Å². The molecule has 0 saturated carbocycles. The zero-order chi connectivity index (χ0) is 28.0. The molecule has 1 unspecified atom stereocenters. The van der Waals surface area contributed by atoms with Crippen LogP contribution >= 0.6 is 0 Å². The van der Waals surface area contributed by atoms with Crippen LogP contribution in [0.3, 0.4) is 0 Å². The molecule has 0 saturated heterocycles. The molecule has 2 aromatic heterocycles. The lowest BCUT2D eigenvalue weighted by Gasteiger charge is -2.21. The minimum absolute atomic E-state index is 0.0467. The maximum atomic E-state index is 6.46. The number of rotatable bonds is 5. The van der Waals surface area contributed by atoms with Crippen LogP contribution in [0.2, 0.25) is 0 Å². The normalized spacial score (nSPS) is 14.0. The van der Waals surface area contributed by atoms with Crippen LogP contribution in [0.1, 0.15) is 49.1 Å². The van der Waals surface area contributed by atoms with Crippen molar-refractivity contribution in [1.82, 2.24) is 14.8 Å². The van der Waals surface area contributed by atoms with Crippen molar-refractivity contribution in [2.75, 3.05) is 0 Å². The average molecular weight is 534 g/mol. The molecule has 200 valence electrons. The molecule has 4 aromatic carbocycles. The molecule has 0 bridgehead atoms. The molecule has 0 amide bonds. The average Bonchev–Trinajstić information content (AvgIpc) is 3.61. The molecule has 0 N–H and O–H groups in total. The third-order valence-electron chi connectivity index (χ3n) is 7.85. The van der Waals surface area contributed by atoms with Crippen LogP contribution in [0.4, 0.5) is 0 Å². The lowest BCUT2D eigenvalue weighted by molar-refractivity contribution is 0.481. The molecular formula is C37H31N3O. The van der Waals surface area contributed by atoms with Gasteiger partial charge in [-0.3, -0.25) is 4.98 Å². The highest BCUT2D eigenvalue weighted by atomic mass is 16.5. The van der Waals surface area contributed by atoms with E-state index in [2.05, 4.69) is 92.6 Å². The van der Waals surface area contributed by atoms with Gasteiger partial charge in [-0.2, -0.15) is 5.10 Å². The lowest BCUT2D eigenvalue weighted by Crippen LogP contribution is -2.13. The van der Waals surface area contributed by atoms with Crippen molar-refractivity contribution in [3.05, 3.63) is 150 Å². The van der Waals surface area contributed by atoms with Gasteiger partial charge in [0.05, 0.1) is 23.5 Å². The van der Waals surface area contributed by atoms with Gasteiger partial charge in [-0.15, -0.1) is 0 Å². The molecule has 0 radical (unpaired) electrons. The summed E-state index contributed by atoms with van der Waals surface area (Å²) in [5.74, 6) is 1.62. The van der Waals surface area contributed by atoms with Gasteiger partial charge in [-0.25, -0.2) is 4.68 Å². The van der Waals surface area contributed by atoms with Gasteiger partial charge >= 0.3 is 0 Å². The molecule has 1 aliphatic carbocycles. The first-order valence-corrected chi connectivity index (χ1v) is 14.0. The second-order valence-electron chi connectivity index (χ2n) is 11.6. The van der Waals surface area contributed by atoms with Crippen LogP contribution in [0.25, 0.3) is 27.9 Å². The van der Waals surface area contributed by atoms with E-state index in [0.717, 1.165) is 34.0 Å². The number of fused-ring (bicyclic) bond motifs is 3.